The highest BCUT2D eigenvalue weighted by molar-refractivity contribution is 6.39. The van der Waals surface area contributed by atoms with E-state index >= 15 is 0 Å². The first-order valence-electron chi connectivity index (χ1n) is 5.96. The molecule has 2 nitrogen and oxygen atoms in total. The van der Waals surface area contributed by atoms with E-state index in [2.05, 4.69) is 5.32 Å². The molecular formula is C13H14Cl3NO. The summed E-state index contributed by atoms with van der Waals surface area (Å²) in [5.41, 5.74) is 0.338. The first-order chi connectivity index (χ1) is 8.59. The van der Waals surface area contributed by atoms with Crippen LogP contribution >= 0.6 is 34.8 Å². The van der Waals surface area contributed by atoms with Crippen molar-refractivity contribution in [1.29, 1.82) is 0 Å². The zero-order valence-corrected chi connectivity index (χ0v) is 12.0. The standard InChI is InChI=1S/C13H14Cl3NO/c14-9-4-1-3-8(9)7-17-13(18)12-10(15)5-2-6-11(12)16/h2,5-6,8-9H,1,3-4,7H2,(H,17,18). The minimum Gasteiger partial charge on any atom is -0.352 e. The number of carbonyl (C=O) groups is 1. The molecule has 18 heavy (non-hydrogen) atoms. The van der Waals surface area contributed by atoms with E-state index in [0.29, 0.717) is 28.1 Å². The molecule has 1 fully saturated rings. The lowest BCUT2D eigenvalue weighted by atomic mass is 10.1. The number of benzene rings is 1. The van der Waals surface area contributed by atoms with E-state index in [9.17, 15) is 4.79 Å². The summed E-state index contributed by atoms with van der Waals surface area (Å²) in [5.74, 6) is 0.109. The largest absolute Gasteiger partial charge is 0.352 e. The molecule has 1 aliphatic carbocycles. The number of carbonyl (C=O) groups excluding carboxylic acids is 1. The Morgan fingerprint density at radius 1 is 1.28 bits per heavy atom. The Balaban J connectivity index is 1.99. The third-order valence-corrected chi connectivity index (χ3v) is 4.49. The number of nitrogens with one attached hydrogen (secondary N) is 1. The molecule has 2 atom stereocenters. The van der Waals surface area contributed by atoms with E-state index in [0.717, 1.165) is 19.3 Å². The minimum atomic E-state index is -0.235. The van der Waals surface area contributed by atoms with Crippen LogP contribution in [-0.2, 0) is 0 Å². The molecule has 2 rings (SSSR count). The molecule has 1 amide bonds. The fraction of sp³-hybridized carbons (Fsp3) is 0.462. The van der Waals surface area contributed by atoms with Crippen LogP contribution in [0.5, 0.6) is 0 Å². The fourth-order valence-corrected chi connectivity index (χ4v) is 3.19. The number of alkyl halides is 1. The maximum Gasteiger partial charge on any atom is 0.254 e. The van der Waals surface area contributed by atoms with Crippen LogP contribution in [0, 0.1) is 5.92 Å². The molecule has 1 aromatic rings. The van der Waals surface area contributed by atoms with Crippen molar-refractivity contribution in [3.8, 4) is 0 Å². The van der Waals surface area contributed by atoms with Gasteiger partial charge in [-0.1, -0.05) is 35.7 Å². The predicted molar refractivity (Wildman–Crippen MR) is 75.8 cm³/mol. The van der Waals surface area contributed by atoms with Gasteiger partial charge in [0, 0.05) is 11.9 Å². The molecule has 0 aliphatic heterocycles. The Kier molecular flexibility index (Phi) is 4.77. The molecule has 2 unspecified atom stereocenters. The van der Waals surface area contributed by atoms with Crippen molar-refractivity contribution in [3.05, 3.63) is 33.8 Å². The van der Waals surface area contributed by atoms with E-state index in [-0.39, 0.29) is 11.3 Å². The van der Waals surface area contributed by atoms with Gasteiger partial charge in [0.1, 0.15) is 0 Å². The monoisotopic (exact) mass is 305 g/mol. The van der Waals surface area contributed by atoms with Crippen molar-refractivity contribution in [2.75, 3.05) is 6.54 Å². The van der Waals surface area contributed by atoms with Gasteiger partial charge in [0.25, 0.3) is 5.91 Å². The second kappa shape index (κ2) is 6.14. The summed E-state index contributed by atoms with van der Waals surface area (Å²) in [5, 5.41) is 3.76. The molecule has 98 valence electrons. The van der Waals surface area contributed by atoms with E-state index in [1.54, 1.807) is 18.2 Å². The van der Waals surface area contributed by atoms with Crippen molar-refractivity contribution < 1.29 is 4.79 Å². The molecule has 0 radical (unpaired) electrons. The van der Waals surface area contributed by atoms with Crippen LogP contribution < -0.4 is 5.32 Å². The second-order valence-electron chi connectivity index (χ2n) is 4.51. The number of amides is 1. The molecular weight excluding hydrogens is 293 g/mol. The maximum atomic E-state index is 12.0. The van der Waals surface area contributed by atoms with Crippen molar-refractivity contribution in [3.63, 3.8) is 0 Å². The SMILES string of the molecule is O=C(NCC1CCCC1Cl)c1c(Cl)cccc1Cl. The van der Waals surface area contributed by atoms with Crippen LogP contribution in [0.4, 0.5) is 0 Å². The van der Waals surface area contributed by atoms with Crippen LogP contribution in [0.3, 0.4) is 0 Å². The molecule has 0 aromatic heterocycles. The third-order valence-electron chi connectivity index (χ3n) is 3.28. The van der Waals surface area contributed by atoms with Gasteiger partial charge in [0.2, 0.25) is 0 Å². The van der Waals surface area contributed by atoms with Gasteiger partial charge in [-0.05, 0) is 30.9 Å². The van der Waals surface area contributed by atoms with Crippen molar-refractivity contribution >= 4 is 40.7 Å². The van der Waals surface area contributed by atoms with Crippen LogP contribution in [0.25, 0.3) is 0 Å². The molecule has 1 N–H and O–H groups in total. The summed E-state index contributed by atoms with van der Waals surface area (Å²) in [7, 11) is 0. The molecule has 5 heteroatoms. The van der Waals surface area contributed by atoms with Gasteiger partial charge >= 0.3 is 0 Å². The smallest absolute Gasteiger partial charge is 0.254 e. The van der Waals surface area contributed by atoms with Crippen LogP contribution in [0.1, 0.15) is 29.6 Å². The lowest BCUT2D eigenvalue weighted by molar-refractivity contribution is 0.0948. The minimum absolute atomic E-state index is 0.159. The highest BCUT2D eigenvalue weighted by atomic mass is 35.5. The van der Waals surface area contributed by atoms with Crippen LogP contribution in [0.2, 0.25) is 10.0 Å². The average molecular weight is 307 g/mol. The molecule has 0 saturated heterocycles. The van der Waals surface area contributed by atoms with Crippen LogP contribution in [0.15, 0.2) is 18.2 Å². The van der Waals surface area contributed by atoms with Crippen LogP contribution in [-0.4, -0.2) is 17.8 Å². The van der Waals surface area contributed by atoms with Gasteiger partial charge in [-0.15, -0.1) is 11.6 Å². The summed E-state index contributed by atoms with van der Waals surface area (Å²) in [6.07, 6.45) is 3.21. The summed E-state index contributed by atoms with van der Waals surface area (Å²) in [4.78, 5) is 12.0. The average Bonchev–Trinajstić information content (AvgIpc) is 2.72. The summed E-state index contributed by atoms with van der Waals surface area (Å²) in [6.45, 7) is 0.578. The van der Waals surface area contributed by atoms with E-state index in [4.69, 9.17) is 34.8 Å². The quantitative estimate of drug-likeness (QED) is 0.836. The molecule has 1 aromatic carbocycles. The Labute approximate surface area is 122 Å². The molecule has 0 spiro atoms. The summed E-state index contributed by atoms with van der Waals surface area (Å²) >= 11 is 18.1. The fourth-order valence-electron chi connectivity index (χ4n) is 2.25. The molecule has 0 bridgehead atoms. The van der Waals surface area contributed by atoms with Gasteiger partial charge < -0.3 is 5.32 Å². The van der Waals surface area contributed by atoms with Gasteiger partial charge in [-0.25, -0.2) is 0 Å². The number of hydrogen-bond acceptors (Lipinski definition) is 1. The topological polar surface area (TPSA) is 29.1 Å². The highest BCUT2D eigenvalue weighted by Crippen LogP contribution is 2.30. The Morgan fingerprint density at radius 2 is 1.94 bits per heavy atom. The first-order valence-corrected chi connectivity index (χ1v) is 7.15. The highest BCUT2D eigenvalue weighted by Gasteiger charge is 2.26. The van der Waals surface area contributed by atoms with Gasteiger partial charge in [0.15, 0.2) is 0 Å². The predicted octanol–water partition coefficient (Wildman–Crippen LogP) is 4.13. The Hall–Kier alpha value is -0.440. The maximum absolute atomic E-state index is 12.0. The van der Waals surface area contributed by atoms with Crippen molar-refractivity contribution in [2.45, 2.75) is 24.6 Å². The lowest BCUT2D eigenvalue weighted by Gasteiger charge is -2.15. The van der Waals surface area contributed by atoms with Gasteiger partial charge in [-0.2, -0.15) is 0 Å². The molecule has 1 aliphatic rings. The number of hydrogen-bond donors (Lipinski definition) is 1. The zero-order chi connectivity index (χ0) is 13.1. The number of halogens is 3. The van der Waals surface area contributed by atoms with Crippen molar-refractivity contribution in [1.82, 2.24) is 5.32 Å². The zero-order valence-electron chi connectivity index (χ0n) is 9.76. The second-order valence-corrected chi connectivity index (χ2v) is 5.89. The van der Waals surface area contributed by atoms with Gasteiger partial charge in [0.05, 0.1) is 15.6 Å². The van der Waals surface area contributed by atoms with Gasteiger partial charge in [-0.3, -0.25) is 4.79 Å². The number of rotatable bonds is 3. The Bertz CT molecular complexity index is 430. The molecule has 1 saturated carbocycles. The third kappa shape index (κ3) is 3.11. The summed E-state index contributed by atoms with van der Waals surface area (Å²) in [6, 6.07) is 5.03. The van der Waals surface area contributed by atoms with Crippen molar-refractivity contribution in [2.24, 2.45) is 5.92 Å². The van der Waals surface area contributed by atoms with E-state index in [1.165, 1.54) is 0 Å². The molecule has 0 heterocycles. The lowest BCUT2D eigenvalue weighted by Crippen LogP contribution is -2.31. The normalized spacial score (nSPS) is 23.1. The summed E-state index contributed by atoms with van der Waals surface area (Å²) < 4.78 is 0. The van der Waals surface area contributed by atoms with E-state index in [1.807, 2.05) is 0 Å². The Morgan fingerprint density at radius 3 is 2.50 bits per heavy atom. The van der Waals surface area contributed by atoms with E-state index < -0.39 is 0 Å². The first kappa shape index (κ1) is 14.0.